The van der Waals surface area contributed by atoms with Crippen LogP contribution in [0.1, 0.15) is 188 Å². The average Bonchev–Trinajstić information content (AvgIpc) is 3.51. The van der Waals surface area contributed by atoms with Crippen LogP contribution < -0.4 is 0 Å². The van der Waals surface area contributed by atoms with Gasteiger partial charge in [0.15, 0.2) is 6.10 Å². The minimum Gasteiger partial charge on any atom is -0.462 e. The van der Waals surface area contributed by atoms with E-state index in [9.17, 15) is 39.5 Å². The van der Waals surface area contributed by atoms with Gasteiger partial charge in [0.25, 0.3) is 0 Å². The number of carbonyl (C=O) groups is 2. The summed E-state index contributed by atoms with van der Waals surface area (Å²) in [6.45, 7) is 4.38. The van der Waals surface area contributed by atoms with Crippen LogP contribution in [-0.2, 0) is 32.7 Å². The molecule has 0 aliphatic heterocycles. The number of aliphatic hydroxyl groups excluding tert-OH is 5. The predicted molar refractivity (Wildman–Crippen MR) is 239 cm³/mol. The molecule has 0 aromatic heterocycles. The summed E-state index contributed by atoms with van der Waals surface area (Å²) in [6, 6.07) is 0. The third-order valence-electron chi connectivity index (χ3n) is 11.7. The number of unbranched alkanes of at least 4 members (excludes halogenated alkanes) is 16. The van der Waals surface area contributed by atoms with Crippen molar-refractivity contribution in [3.8, 4) is 0 Å². The average molecular weight is 891 g/mol. The molecule has 358 valence electrons. The molecule has 1 saturated carbocycles. The van der Waals surface area contributed by atoms with Gasteiger partial charge in [0, 0.05) is 25.2 Å². The van der Waals surface area contributed by atoms with Crippen LogP contribution in [0, 0.1) is 17.8 Å². The molecule has 1 aliphatic carbocycles. The molecule has 0 aromatic rings. The fourth-order valence-electron chi connectivity index (χ4n) is 7.55. The Balaban J connectivity index is 2.42. The topological polar surface area (TPSA) is 210 Å². The second kappa shape index (κ2) is 36.6. The van der Waals surface area contributed by atoms with Gasteiger partial charge in [-0.05, 0) is 43.9 Å². The summed E-state index contributed by atoms with van der Waals surface area (Å²) >= 11 is 0. The molecule has 0 aromatic carbocycles. The third-order valence-corrected chi connectivity index (χ3v) is 12.7. The summed E-state index contributed by atoms with van der Waals surface area (Å²) in [7, 11) is -4.69. The minimum atomic E-state index is -4.69. The number of phosphoric acid groups is 1. The monoisotopic (exact) mass is 891 g/mol. The van der Waals surface area contributed by atoms with Crippen molar-refractivity contribution in [1.82, 2.24) is 0 Å². The first-order chi connectivity index (χ1) is 29.3. The summed E-state index contributed by atoms with van der Waals surface area (Å²) in [5.41, 5.74) is 0. The Morgan fingerprint density at radius 2 is 1.30 bits per heavy atom. The van der Waals surface area contributed by atoms with Crippen molar-refractivity contribution >= 4 is 19.8 Å². The van der Waals surface area contributed by atoms with E-state index in [1.54, 1.807) is 6.08 Å². The predicted octanol–water partition coefficient (Wildman–Crippen LogP) is 9.19. The quantitative estimate of drug-likeness (QED) is 0.0147. The zero-order chi connectivity index (χ0) is 45.1. The molecular weight excluding hydrogens is 803 g/mol. The zero-order valence-electron chi connectivity index (χ0n) is 38.1. The first-order valence-electron chi connectivity index (χ1n) is 23.9. The van der Waals surface area contributed by atoms with E-state index in [-0.39, 0.29) is 37.7 Å². The molecule has 14 heteroatoms. The molecule has 0 amide bonds. The van der Waals surface area contributed by atoms with Gasteiger partial charge in [-0.15, -0.1) is 0 Å². The van der Waals surface area contributed by atoms with Gasteiger partial charge in [-0.1, -0.05) is 161 Å². The number of ether oxygens (including phenoxy) is 2. The van der Waals surface area contributed by atoms with Crippen LogP contribution in [0.15, 0.2) is 24.3 Å². The molecule has 2 unspecified atom stereocenters. The number of hydrogen-bond donors (Lipinski definition) is 6. The number of hydrogen-bond acceptors (Lipinski definition) is 12. The molecule has 6 N–H and O–H groups in total. The van der Waals surface area contributed by atoms with Crippen LogP contribution in [0.5, 0.6) is 0 Å². The van der Waals surface area contributed by atoms with E-state index in [4.69, 9.17) is 19.1 Å². The lowest BCUT2D eigenvalue weighted by Gasteiger charge is -2.20. The van der Waals surface area contributed by atoms with E-state index in [1.807, 2.05) is 18.2 Å². The molecule has 1 fully saturated rings. The second-order valence-corrected chi connectivity index (χ2v) is 18.8. The first-order valence-corrected chi connectivity index (χ1v) is 25.4. The van der Waals surface area contributed by atoms with Crippen LogP contribution in [0.2, 0.25) is 0 Å². The number of aliphatic hydroxyl groups is 5. The van der Waals surface area contributed by atoms with Crippen LogP contribution in [-0.4, -0.2) is 99.3 Å². The highest BCUT2D eigenvalue weighted by molar-refractivity contribution is 7.47. The maximum Gasteiger partial charge on any atom is 0.472 e. The number of esters is 2. The van der Waals surface area contributed by atoms with Crippen LogP contribution in [0.25, 0.3) is 0 Å². The summed E-state index contributed by atoms with van der Waals surface area (Å²) in [4.78, 5) is 35.3. The normalized spacial score (nSPS) is 21.1. The Bertz CT molecular complexity index is 1200. The van der Waals surface area contributed by atoms with Crippen molar-refractivity contribution < 1.29 is 63.1 Å². The second-order valence-electron chi connectivity index (χ2n) is 17.4. The van der Waals surface area contributed by atoms with Gasteiger partial charge in [-0.3, -0.25) is 18.6 Å². The third kappa shape index (κ3) is 31.0. The molecule has 1 rings (SSSR count). The fourth-order valence-corrected chi connectivity index (χ4v) is 8.34. The van der Waals surface area contributed by atoms with E-state index in [0.29, 0.717) is 32.1 Å². The molecule has 61 heavy (non-hydrogen) atoms. The van der Waals surface area contributed by atoms with Crippen molar-refractivity contribution in [3.05, 3.63) is 24.3 Å². The molecule has 1 aliphatic rings. The largest absolute Gasteiger partial charge is 0.472 e. The first kappa shape index (κ1) is 57.3. The van der Waals surface area contributed by atoms with E-state index >= 15 is 0 Å². The maximum atomic E-state index is 12.7. The number of rotatable bonds is 40. The molecule has 13 nitrogen and oxygen atoms in total. The highest BCUT2D eigenvalue weighted by Gasteiger charge is 2.39. The van der Waals surface area contributed by atoms with E-state index in [0.717, 1.165) is 44.4 Å². The lowest BCUT2D eigenvalue weighted by atomic mass is 9.89. The number of allylic oxidation sites excluding steroid dienone is 2. The maximum absolute atomic E-state index is 12.7. The lowest BCUT2D eigenvalue weighted by Crippen LogP contribution is -2.29. The van der Waals surface area contributed by atoms with Crippen LogP contribution in [0.3, 0.4) is 0 Å². The number of phosphoric ester groups is 1. The summed E-state index contributed by atoms with van der Waals surface area (Å²) in [5.74, 6) is -0.707. The Labute approximate surface area is 368 Å². The standard InChI is InChI=1S/C47H87O13P/c1-4-6-21-27-39(49)31-32-43-42(44(51)33-45(43)52)28-23-19-20-25-30-47(54)60-41(37-59-61(55,56)58-35-40(50)34-48)36-57-46(53)29-24-18-16-14-12-10-8-7-9-11-13-15-17-22-26-38(3)5-2/h19,23,31-32,38-45,48-52H,4-18,20-22,24-30,33-37H2,1-3H3,(H,55,56)/b23-19+,32-31+/t38?,39-,40-,41+,42+,43+,44-,45+/m0/s1. The molecular formula is C47H87O13P. The zero-order valence-corrected chi connectivity index (χ0v) is 39.0. The van der Waals surface area contributed by atoms with Crippen molar-refractivity contribution in [1.29, 1.82) is 0 Å². The number of carbonyl (C=O) groups excluding carboxylic acids is 2. The van der Waals surface area contributed by atoms with Crippen molar-refractivity contribution in [2.45, 2.75) is 218 Å². The van der Waals surface area contributed by atoms with E-state index < -0.39 is 70.1 Å². The van der Waals surface area contributed by atoms with Gasteiger partial charge in [0.2, 0.25) is 0 Å². The Kier molecular flexibility index (Phi) is 34.5. The molecule has 0 saturated heterocycles. The molecule has 0 heterocycles. The fraction of sp³-hybridized carbons (Fsp3) is 0.872. The van der Waals surface area contributed by atoms with E-state index in [1.165, 1.54) is 77.0 Å². The molecule has 0 radical (unpaired) electrons. The van der Waals surface area contributed by atoms with Gasteiger partial charge < -0.3 is 39.9 Å². The molecule has 0 bridgehead atoms. The van der Waals surface area contributed by atoms with Crippen LogP contribution >= 0.6 is 7.82 Å². The van der Waals surface area contributed by atoms with Gasteiger partial charge >= 0.3 is 19.8 Å². The van der Waals surface area contributed by atoms with Gasteiger partial charge in [-0.2, -0.15) is 0 Å². The SMILES string of the molecule is CCCCC[C@H](O)/C=C/[C@@H]1[C@@H](C/C=C/CCCC(=O)O[C@H](COC(=O)CCCCCCCCCCCCCCCCC(C)CC)COP(=O)(O)OC[C@@H](O)CO)[C@@H](O)C[C@H]1O. The summed E-state index contributed by atoms with van der Waals surface area (Å²) < 4.78 is 32.8. The van der Waals surface area contributed by atoms with Crippen molar-refractivity contribution in [2.75, 3.05) is 26.4 Å². The Morgan fingerprint density at radius 3 is 1.90 bits per heavy atom. The minimum absolute atomic E-state index is 0.00948. The highest BCUT2D eigenvalue weighted by atomic mass is 31.2. The van der Waals surface area contributed by atoms with Gasteiger partial charge in [0.05, 0.1) is 38.1 Å². The lowest BCUT2D eigenvalue weighted by molar-refractivity contribution is -0.161. The van der Waals surface area contributed by atoms with E-state index in [2.05, 4.69) is 25.3 Å². The van der Waals surface area contributed by atoms with Crippen molar-refractivity contribution in [3.63, 3.8) is 0 Å². The van der Waals surface area contributed by atoms with Crippen LogP contribution in [0.4, 0.5) is 0 Å². The highest BCUT2D eigenvalue weighted by Crippen LogP contribution is 2.43. The Morgan fingerprint density at radius 1 is 0.721 bits per heavy atom. The summed E-state index contributed by atoms with van der Waals surface area (Å²) in [5, 5.41) is 49.7. The molecule has 9 atom stereocenters. The van der Waals surface area contributed by atoms with Gasteiger partial charge in [-0.25, -0.2) is 4.57 Å². The summed E-state index contributed by atoms with van der Waals surface area (Å²) in [6.07, 6.45) is 28.0. The smallest absolute Gasteiger partial charge is 0.462 e. The van der Waals surface area contributed by atoms with Crippen molar-refractivity contribution in [2.24, 2.45) is 17.8 Å². The Hall–Kier alpha value is -1.67. The molecule has 0 spiro atoms. The van der Waals surface area contributed by atoms with Gasteiger partial charge in [0.1, 0.15) is 12.7 Å².